The van der Waals surface area contributed by atoms with Crippen LogP contribution in [-0.2, 0) is 17.9 Å². The summed E-state index contributed by atoms with van der Waals surface area (Å²) in [5.74, 6) is -1.18. The van der Waals surface area contributed by atoms with Crippen molar-refractivity contribution in [2.75, 3.05) is 0 Å². The summed E-state index contributed by atoms with van der Waals surface area (Å²) in [6.45, 7) is 0.520. The van der Waals surface area contributed by atoms with Crippen LogP contribution in [0.4, 0.5) is 8.78 Å². The van der Waals surface area contributed by atoms with Gasteiger partial charge >= 0.3 is 10.7 Å². The Morgan fingerprint density at radius 2 is 1.73 bits per heavy atom. The summed E-state index contributed by atoms with van der Waals surface area (Å²) in [7, 11) is 0. The van der Waals surface area contributed by atoms with Crippen molar-refractivity contribution in [1.82, 2.24) is 4.90 Å². The SMILES string of the molecule is O=C(N1Cc2ccccc2C1)C(F)(F)Br. The van der Waals surface area contributed by atoms with E-state index >= 15 is 0 Å². The van der Waals surface area contributed by atoms with Gasteiger partial charge in [0.05, 0.1) is 0 Å². The van der Waals surface area contributed by atoms with Gasteiger partial charge in [0.1, 0.15) is 0 Å². The Hall–Kier alpha value is -0.970. The Labute approximate surface area is 94.0 Å². The smallest absolute Gasteiger partial charge is 0.328 e. The summed E-state index contributed by atoms with van der Waals surface area (Å²) in [5.41, 5.74) is 1.87. The lowest BCUT2D eigenvalue weighted by Gasteiger charge is -2.18. The monoisotopic (exact) mass is 275 g/mol. The molecule has 80 valence electrons. The molecule has 0 atom stereocenters. The maximum absolute atomic E-state index is 12.7. The third-order valence-electron chi connectivity index (χ3n) is 2.37. The first-order valence-electron chi connectivity index (χ1n) is 4.41. The van der Waals surface area contributed by atoms with Gasteiger partial charge in [0.25, 0.3) is 0 Å². The van der Waals surface area contributed by atoms with E-state index in [9.17, 15) is 13.6 Å². The van der Waals surface area contributed by atoms with Crippen LogP contribution in [0.25, 0.3) is 0 Å². The molecule has 0 N–H and O–H groups in total. The number of amides is 1. The van der Waals surface area contributed by atoms with E-state index in [1.807, 2.05) is 24.3 Å². The number of nitrogens with zero attached hydrogens (tertiary/aromatic N) is 1. The second kappa shape index (κ2) is 3.56. The van der Waals surface area contributed by atoms with E-state index in [-0.39, 0.29) is 13.1 Å². The molecule has 0 spiro atoms. The van der Waals surface area contributed by atoms with Crippen molar-refractivity contribution in [3.8, 4) is 0 Å². The molecule has 0 aromatic heterocycles. The van der Waals surface area contributed by atoms with E-state index in [4.69, 9.17) is 0 Å². The molecule has 15 heavy (non-hydrogen) atoms. The van der Waals surface area contributed by atoms with Crippen LogP contribution in [0.5, 0.6) is 0 Å². The highest BCUT2D eigenvalue weighted by Gasteiger charge is 2.40. The molecule has 1 aromatic rings. The molecular weight excluding hydrogens is 268 g/mol. The summed E-state index contributed by atoms with van der Waals surface area (Å²) in [6.07, 6.45) is 0. The van der Waals surface area contributed by atoms with Crippen molar-refractivity contribution in [2.24, 2.45) is 0 Å². The highest BCUT2D eigenvalue weighted by molar-refractivity contribution is 9.10. The molecule has 0 aliphatic carbocycles. The van der Waals surface area contributed by atoms with Crippen LogP contribution in [0.1, 0.15) is 11.1 Å². The number of fused-ring (bicyclic) bond motifs is 1. The van der Waals surface area contributed by atoms with Gasteiger partial charge in [-0.3, -0.25) is 4.79 Å². The van der Waals surface area contributed by atoms with E-state index in [1.165, 1.54) is 0 Å². The van der Waals surface area contributed by atoms with Crippen molar-refractivity contribution < 1.29 is 13.6 Å². The van der Waals surface area contributed by atoms with Gasteiger partial charge in [-0.05, 0) is 11.1 Å². The molecule has 5 heteroatoms. The van der Waals surface area contributed by atoms with E-state index in [1.54, 1.807) is 0 Å². The largest absolute Gasteiger partial charge is 0.378 e. The highest BCUT2D eigenvalue weighted by Crippen LogP contribution is 2.30. The number of carbonyl (C=O) groups is 1. The van der Waals surface area contributed by atoms with Gasteiger partial charge in [-0.25, -0.2) is 0 Å². The van der Waals surface area contributed by atoms with Crippen LogP contribution in [0.2, 0.25) is 0 Å². The van der Waals surface area contributed by atoms with Gasteiger partial charge in [-0.2, -0.15) is 8.78 Å². The Balaban J connectivity index is 2.17. The number of alkyl halides is 3. The number of carbonyl (C=O) groups excluding carboxylic acids is 1. The fraction of sp³-hybridized carbons (Fsp3) is 0.300. The fourth-order valence-electron chi connectivity index (χ4n) is 1.66. The van der Waals surface area contributed by atoms with Gasteiger partial charge < -0.3 is 4.90 Å². The molecule has 0 unspecified atom stereocenters. The van der Waals surface area contributed by atoms with Crippen LogP contribution in [0.3, 0.4) is 0 Å². The van der Waals surface area contributed by atoms with Crippen molar-refractivity contribution in [1.29, 1.82) is 0 Å². The van der Waals surface area contributed by atoms with Crippen molar-refractivity contribution in [2.45, 2.75) is 17.9 Å². The maximum Gasteiger partial charge on any atom is 0.378 e. The van der Waals surface area contributed by atoms with E-state index < -0.39 is 10.7 Å². The molecular formula is C10H8BrF2NO. The molecule has 1 heterocycles. The van der Waals surface area contributed by atoms with Gasteiger partial charge in [0.2, 0.25) is 0 Å². The molecule has 1 aromatic carbocycles. The summed E-state index contributed by atoms with van der Waals surface area (Å²) in [5, 5.41) is 0. The Bertz CT molecular complexity index is 378. The van der Waals surface area contributed by atoms with Crippen LogP contribution >= 0.6 is 15.9 Å². The first kappa shape index (κ1) is 10.5. The highest BCUT2D eigenvalue weighted by atomic mass is 79.9. The van der Waals surface area contributed by atoms with Crippen LogP contribution in [0.15, 0.2) is 24.3 Å². The summed E-state index contributed by atoms with van der Waals surface area (Å²) in [4.78, 5) is 8.94. The normalized spacial score (nSPS) is 15.3. The third kappa shape index (κ3) is 2.02. The Morgan fingerprint density at radius 1 is 1.27 bits per heavy atom. The first-order chi connectivity index (χ1) is 6.98. The number of hydrogen-bond donors (Lipinski definition) is 0. The van der Waals surface area contributed by atoms with Crippen LogP contribution in [0, 0.1) is 0 Å². The lowest BCUT2D eigenvalue weighted by Crippen LogP contribution is -2.36. The molecule has 2 rings (SSSR count). The van der Waals surface area contributed by atoms with Gasteiger partial charge in [0, 0.05) is 29.0 Å². The summed E-state index contributed by atoms with van der Waals surface area (Å²) >= 11 is 2.07. The molecule has 0 saturated heterocycles. The van der Waals surface area contributed by atoms with Crippen LogP contribution in [-0.4, -0.2) is 15.6 Å². The van der Waals surface area contributed by atoms with Gasteiger partial charge in [0.15, 0.2) is 0 Å². The number of rotatable bonds is 1. The minimum atomic E-state index is -3.46. The van der Waals surface area contributed by atoms with Crippen LogP contribution < -0.4 is 0 Å². The van der Waals surface area contributed by atoms with Crippen molar-refractivity contribution in [3.05, 3.63) is 35.4 Å². The zero-order valence-corrected chi connectivity index (χ0v) is 9.30. The predicted octanol–water partition coefficient (Wildman–Crippen LogP) is 2.52. The fourth-order valence-corrected chi connectivity index (χ4v) is 1.91. The summed E-state index contributed by atoms with van der Waals surface area (Å²) in [6, 6.07) is 7.35. The zero-order valence-electron chi connectivity index (χ0n) is 7.71. The molecule has 2 nitrogen and oxygen atoms in total. The van der Waals surface area contributed by atoms with Gasteiger partial charge in [-0.15, -0.1) is 0 Å². The minimum Gasteiger partial charge on any atom is -0.328 e. The maximum atomic E-state index is 12.7. The second-order valence-corrected chi connectivity index (χ2v) is 4.42. The van der Waals surface area contributed by atoms with Crippen molar-refractivity contribution in [3.63, 3.8) is 0 Å². The second-order valence-electron chi connectivity index (χ2n) is 3.43. The predicted molar refractivity (Wildman–Crippen MR) is 54.6 cm³/mol. The lowest BCUT2D eigenvalue weighted by atomic mass is 10.1. The molecule has 1 amide bonds. The quantitative estimate of drug-likeness (QED) is 0.722. The minimum absolute atomic E-state index is 0.260. The third-order valence-corrected chi connectivity index (χ3v) is 2.71. The molecule has 1 aliphatic rings. The Kier molecular flexibility index (Phi) is 2.50. The Morgan fingerprint density at radius 3 is 2.13 bits per heavy atom. The standard InChI is InChI=1S/C10H8BrF2NO/c11-10(12,13)9(15)14-5-7-3-1-2-4-8(7)6-14/h1-4H,5-6H2. The molecule has 0 fully saturated rings. The lowest BCUT2D eigenvalue weighted by molar-refractivity contribution is -0.146. The average Bonchev–Trinajstić information content (AvgIpc) is 2.58. The van der Waals surface area contributed by atoms with E-state index in [2.05, 4.69) is 15.9 Å². The summed E-state index contributed by atoms with van der Waals surface area (Å²) < 4.78 is 25.4. The molecule has 1 aliphatic heterocycles. The van der Waals surface area contributed by atoms with Crippen molar-refractivity contribution >= 4 is 21.8 Å². The average molecular weight is 276 g/mol. The zero-order chi connectivity index (χ0) is 11.1. The van der Waals surface area contributed by atoms with E-state index in [0.717, 1.165) is 16.0 Å². The number of hydrogen-bond acceptors (Lipinski definition) is 1. The van der Waals surface area contributed by atoms with Gasteiger partial charge in [-0.1, -0.05) is 24.3 Å². The number of halogens is 3. The topological polar surface area (TPSA) is 20.3 Å². The van der Waals surface area contributed by atoms with E-state index in [0.29, 0.717) is 0 Å². The number of benzene rings is 1. The molecule has 0 radical (unpaired) electrons. The first-order valence-corrected chi connectivity index (χ1v) is 5.20. The molecule has 0 saturated carbocycles. The molecule has 0 bridgehead atoms.